The Morgan fingerprint density at radius 2 is 2.00 bits per heavy atom. The fourth-order valence-corrected chi connectivity index (χ4v) is 1.41. The maximum atomic E-state index is 10.2. The summed E-state index contributed by atoms with van der Waals surface area (Å²) >= 11 is 0. The molecule has 68 valence electrons. The molecule has 1 heterocycles. The Labute approximate surface area is 81.9 Å². The van der Waals surface area contributed by atoms with Gasteiger partial charge in [-0.05, 0) is 23.8 Å². The molecule has 2 heteroatoms. The van der Waals surface area contributed by atoms with E-state index in [0.717, 1.165) is 22.8 Å². The molecule has 0 unspecified atom stereocenters. The number of aromatic nitrogens is 1. The van der Waals surface area contributed by atoms with Crippen molar-refractivity contribution >= 4 is 23.3 Å². The van der Waals surface area contributed by atoms with E-state index in [1.54, 1.807) is 12.3 Å². The number of aldehydes is 1. The lowest BCUT2D eigenvalue weighted by Crippen LogP contribution is -1.81. The maximum absolute atomic E-state index is 10.2. The van der Waals surface area contributed by atoms with Crippen LogP contribution in [0.1, 0.15) is 5.56 Å². The lowest BCUT2D eigenvalue weighted by atomic mass is 10.1. The molecule has 0 amide bonds. The number of nitrogens with zero attached hydrogens (tertiary/aromatic N) is 1. The van der Waals surface area contributed by atoms with Crippen LogP contribution in [-0.2, 0) is 4.79 Å². The van der Waals surface area contributed by atoms with E-state index < -0.39 is 0 Å². The Bertz CT molecular complexity index is 483. The van der Waals surface area contributed by atoms with E-state index in [4.69, 9.17) is 0 Å². The predicted octanol–water partition coefficient (Wildman–Crippen LogP) is 2.45. The number of benzene rings is 1. The molecule has 0 atom stereocenters. The standard InChI is InChI=1S/C12H9NO/c14-9-3-4-10-7-8-13-12-6-2-1-5-11(10)12/h1-9H/b4-3+. The van der Waals surface area contributed by atoms with Crippen LogP contribution in [0.3, 0.4) is 0 Å². The van der Waals surface area contributed by atoms with Crippen LogP contribution in [-0.4, -0.2) is 11.3 Å². The summed E-state index contributed by atoms with van der Waals surface area (Å²) in [7, 11) is 0. The average molecular weight is 183 g/mol. The zero-order valence-corrected chi connectivity index (χ0v) is 7.55. The molecule has 1 aromatic carbocycles. The largest absolute Gasteiger partial charge is 0.299 e. The molecule has 1 aromatic heterocycles. The zero-order chi connectivity index (χ0) is 9.80. The lowest BCUT2D eigenvalue weighted by molar-refractivity contribution is -0.104. The number of carbonyl (C=O) groups is 1. The smallest absolute Gasteiger partial charge is 0.142 e. The molecule has 2 rings (SSSR count). The Hall–Kier alpha value is -1.96. The van der Waals surface area contributed by atoms with Crippen molar-refractivity contribution in [2.75, 3.05) is 0 Å². The minimum absolute atomic E-state index is 0.773. The van der Waals surface area contributed by atoms with Crippen molar-refractivity contribution in [1.82, 2.24) is 4.98 Å². The number of allylic oxidation sites excluding steroid dienone is 1. The first-order valence-corrected chi connectivity index (χ1v) is 4.37. The molecular formula is C12H9NO. The van der Waals surface area contributed by atoms with Gasteiger partial charge in [-0.25, -0.2) is 0 Å². The second kappa shape index (κ2) is 3.83. The molecule has 0 saturated carbocycles. The van der Waals surface area contributed by atoms with Crippen LogP contribution in [0.15, 0.2) is 42.6 Å². The second-order valence-corrected chi connectivity index (χ2v) is 2.91. The van der Waals surface area contributed by atoms with Gasteiger partial charge in [-0.15, -0.1) is 0 Å². The van der Waals surface area contributed by atoms with Gasteiger partial charge in [-0.3, -0.25) is 9.78 Å². The fraction of sp³-hybridized carbons (Fsp3) is 0. The third-order valence-electron chi connectivity index (χ3n) is 2.04. The van der Waals surface area contributed by atoms with Gasteiger partial charge >= 0.3 is 0 Å². The van der Waals surface area contributed by atoms with E-state index in [2.05, 4.69) is 4.98 Å². The van der Waals surface area contributed by atoms with Gasteiger partial charge in [0.2, 0.25) is 0 Å². The number of hydrogen-bond donors (Lipinski definition) is 0. The number of rotatable bonds is 2. The van der Waals surface area contributed by atoms with E-state index >= 15 is 0 Å². The van der Waals surface area contributed by atoms with Gasteiger partial charge in [-0.1, -0.05) is 24.3 Å². The summed E-state index contributed by atoms with van der Waals surface area (Å²) in [4.78, 5) is 14.4. The minimum atomic E-state index is 0.773. The number of hydrogen-bond acceptors (Lipinski definition) is 2. The second-order valence-electron chi connectivity index (χ2n) is 2.91. The highest BCUT2D eigenvalue weighted by atomic mass is 16.1. The molecule has 0 radical (unpaired) electrons. The number of fused-ring (bicyclic) bond motifs is 1. The zero-order valence-electron chi connectivity index (χ0n) is 7.55. The highest BCUT2D eigenvalue weighted by Gasteiger charge is 1.96. The summed E-state index contributed by atoms with van der Waals surface area (Å²) in [6.45, 7) is 0. The van der Waals surface area contributed by atoms with E-state index in [9.17, 15) is 4.79 Å². The third-order valence-corrected chi connectivity index (χ3v) is 2.04. The van der Waals surface area contributed by atoms with E-state index in [-0.39, 0.29) is 0 Å². The first kappa shape index (κ1) is 8.63. The molecule has 0 fully saturated rings. The van der Waals surface area contributed by atoms with Gasteiger partial charge in [0.15, 0.2) is 0 Å². The first-order valence-electron chi connectivity index (χ1n) is 4.37. The molecule has 14 heavy (non-hydrogen) atoms. The van der Waals surface area contributed by atoms with Crippen LogP contribution in [0.4, 0.5) is 0 Å². The molecular weight excluding hydrogens is 174 g/mol. The predicted molar refractivity (Wildman–Crippen MR) is 56.8 cm³/mol. The van der Waals surface area contributed by atoms with Crippen LogP contribution >= 0.6 is 0 Å². The molecule has 2 aromatic rings. The van der Waals surface area contributed by atoms with Gasteiger partial charge in [0.25, 0.3) is 0 Å². The van der Waals surface area contributed by atoms with E-state index in [1.807, 2.05) is 30.3 Å². The number of carbonyl (C=O) groups excluding carboxylic acids is 1. The highest BCUT2D eigenvalue weighted by molar-refractivity contribution is 5.89. The minimum Gasteiger partial charge on any atom is -0.299 e. The number of pyridine rings is 1. The summed E-state index contributed by atoms with van der Waals surface area (Å²) < 4.78 is 0. The summed E-state index contributed by atoms with van der Waals surface area (Å²) in [6.07, 6.45) is 5.79. The Kier molecular flexibility index (Phi) is 2.36. The molecule has 0 bridgehead atoms. The molecule has 0 N–H and O–H groups in total. The monoisotopic (exact) mass is 183 g/mol. The van der Waals surface area contributed by atoms with Crippen molar-refractivity contribution in [3.63, 3.8) is 0 Å². The lowest BCUT2D eigenvalue weighted by Gasteiger charge is -1.99. The molecule has 0 saturated heterocycles. The van der Waals surface area contributed by atoms with Crippen LogP contribution < -0.4 is 0 Å². The van der Waals surface area contributed by atoms with Crippen LogP contribution in [0.5, 0.6) is 0 Å². The van der Waals surface area contributed by atoms with E-state index in [0.29, 0.717) is 0 Å². The van der Waals surface area contributed by atoms with Gasteiger partial charge in [0.1, 0.15) is 6.29 Å². The SMILES string of the molecule is O=C/C=C/c1ccnc2ccccc12. The van der Waals surface area contributed by atoms with Crippen molar-refractivity contribution in [3.8, 4) is 0 Å². The van der Waals surface area contributed by atoms with Crippen molar-refractivity contribution in [2.45, 2.75) is 0 Å². The van der Waals surface area contributed by atoms with Crippen molar-refractivity contribution < 1.29 is 4.79 Å². The summed E-state index contributed by atoms with van der Waals surface area (Å²) in [5.41, 5.74) is 1.96. The average Bonchev–Trinajstić information content (AvgIpc) is 2.26. The first-order chi connectivity index (χ1) is 6.92. The molecule has 0 aliphatic heterocycles. The topological polar surface area (TPSA) is 30.0 Å². The fourth-order valence-electron chi connectivity index (χ4n) is 1.41. The third kappa shape index (κ3) is 1.55. The quantitative estimate of drug-likeness (QED) is 0.528. The molecule has 2 nitrogen and oxygen atoms in total. The van der Waals surface area contributed by atoms with Crippen LogP contribution in [0.2, 0.25) is 0 Å². The molecule has 0 aliphatic carbocycles. The van der Waals surface area contributed by atoms with E-state index in [1.165, 1.54) is 6.08 Å². The van der Waals surface area contributed by atoms with Crippen molar-refractivity contribution in [1.29, 1.82) is 0 Å². The Morgan fingerprint density at radius 3 is 2.86 bits per heavy atom. The van der Waals surface area contributed by atoms with Gasteiger partial charge in [0.05, 0.1) is 5.52 Å². The number of para-hydroxylation sites is 1. The summed E-state index contributed by atoms with van der Waals surface area (Å²) in [5, 5.41) is 1.06. The summed E-state index contributed by atoms with van der Waals surface area (Å²) in [5.74, 6) is 0. The summed E-state index contributed by atoms with van der Waals surface area (Å²) in [6, 6.07) is 9.74. The normalized spacial score (nSPS) is 10.9. The van der Waals surface area contributed by atoms with Gasteiger partial charge < -0.3 is 0 Å². The van der Waals surface area contributed by atoms with Gasteiger partial charge in [0, 0.05) is 11.6 Å². The van der Waals surface area contributed by atoms with Crippen LogP contribution in [0, 0.1) is 0 Å². The molecule has 0 aliphatic rings. The van der Waals surface area contributed by atoms with Crippen molar-refractivity contribution in [3.05, 3.63) is 48.2 Å². The van der Waals surface area contributed by atoms with Gasteiger partial charge in [-0.2, -0.15) is 0 Å². The molecule has 0 spiro atoms. The maximum Gasteiger partial charge on any atom is 0.142 e. The van der Waals surface area contributed by atoms with Crippen LogP contribution in [0.25, 0.3) is 17.0 Å². The Balaban J connectivity index is 2.64. The Morgan fingerprint density at radius 1 is 1.14 bits per heavy atom. The highest BCUT2D eigenvalue weighted by Crippen LogP contribution is 2.16. The van der Waals surface area contributed by atoms with Crippen molar-refractivity contribution in [2.24, 2.45) is 0 Å².